The molecule has 0 aliphatic carbocycles. The molecule has 1 heterocycles. The van der Waals surface area contributed by atoms with E-state index in [0.29, 0.717) is 12.0 Å². The molecule has 0 saturated carbocycles. The Hall–Kier alpha value is -1.56. The van der Waals surface area contributed by atoms with Crippen molar-refractivity contribution in [2.45, 2.75) is 39.5 Å². The maximum absolute atomic E-state index is 11.3. The summed E-state index contributed by atoms with van der Waals surface area (Å²) >= 11 is 0. The van der Waals surface area contributed by atoms with Gasteiger partial charge in [0.1, 0.15) is 0 Å². The van der Waals surface area contributed by atoms with Gasteiger partial charge in [0.25, 0.3) is 0 Å². The summed E-state index contributed by atoms with van der Waals surface area (Å²) in [4.78, 5) is 7.07. The molecular formula is C18H29N3O2S. The normalized spacial score (nSPS) is 18.0. The highest BCUT2D eigenvalue weighted by molar-refractivity contribution is 7.89. The van der Waals surface area contributed by atoms with Gasteiger partial charge in [-0.3, -0.25) is 0 Å². The zero-order chi connectivity index (χ0) is 17.8. The van der Waals surface area contributed by atoms with Crippen LogP contribution >= 0.6 is 0 Å². The van der Waals surface area contributed by atoms with Crippen LogP contribution in [0.5, 0.6) is 0 Å². The third-order valence-corrected chi connectivity index (χ3v) is 5.03. The van der Waals surface area contributed by atoms with Crippen molar-refractivity contribution in [1.82, 2.24) is 10.2 Å². The van der Waals surface area contributed by atoms with E-state index >= 15 is 0 Å². The number of guanidine groups is 1. The fourth-order valence-electron chi connectivity index (χ4n) is 2.93. The summed E-state index contributed by atoms with van der Waals surface area (Å²) in [5.41, 5.74) is 2.24. The highest BCUT2D eigenvalue weighted by atomic mass is 32.2. The van der Waals surface area contributed by atoms with Gasteiger partial charge in [-0.05, 0) is 29.9 Å². The molecule has 1 saturated heterocycles. The minimum Gasteiger partial charge on any atom is -0.357 e. The second-order valence-corrected chi connectivity index (χ2v) is 9.53. The van der Waals surface area contributed by atoms with Gasteiger partial charge in [-0.25, -0.2) is 13.4 Å². The number of benzene rings is 1. The van der Waals surface area contributed by atoms with Crippen LogP contribution in [0, 0.1) is 5.41 Å². The molecule has 5 nitrogen and oxygen atoms in total. The number of likely N-dealkylation sites (tertiary alicyclic amines) is 1. The second-order valence-electron chi connectivity index (χ2n) is 7.39. The molecule has 1 aliphatic rings. The molecule has 1 N–H and O–H groups in total. The lowest BCUT2D eigenvalue weighted by Crippen LogP contribution is -2.40. The summed E-state index contributed by atoms with van der Waals surface area (Å²) < 4.78 is 22.7. The summed E-state index contributed by atoms with van der Waals surface area (Å²) in [6.07, 6.45) is 2.43. The van der Waals surface area contributed by atoms with E-state index in [1.165, 1.54) is 12.7 Å². The van der Waals surface area contributed by atoms with Gasteiger partial charge in [-0.15, -0.1) is 0 Å². The van der Waals surface area contributed by atoms with E-state index in [1.807, 2.05) is 24.3 Å². The lowest BCUT2D eigenvalue weighted by Gasteiger charge is -2.23. The van der Waals surface area contributed by atoms with Gasteiger partial charge in [0.15, 0.2) is 15.8 Å². The summed E-state index contributed by atoms with van der Waals surface area (Å²) in [6, 6.07) is 7.67. The molecule has 0 radical (unpaired) electrons. The topological polar surface area (TPSA) is 61.8 Å². The summed E-state index contributed by atoms with van der Waals surface area (Å²) in [5.74, 6) is 1.05. The first kappa shape index (κ1) is 18.8. The van der Waals surface area contributed by atoms with Crippen LogP contribution in [0.3, 0.4) is 0 Å². The smallest absolute Gasteiger partial charge is 0.194 e. The third-order valence-electron chi connectivity index (χ3n) is 4.18. The molecule has 0 spiro atoms. The minimum absolute atomic E-state index is 0.0854. The van der Waals surface area contributed by atoms with Crippen molar-refractivity contribution in [3.05, 3.63) is 35.4 Å². The Labute approximate surface area is 146 Å². The van der Waals surface area contributed by atoms with E-state index in [2.05, 4.69) is 31.0 Å². The van der Waals surface area contributed by atoms with E-state index in [9.17, 15) is 8.42 Å². The van der Waals surface area contributed by atoms with Crippen molar-refractivity contribution < 1.29 is 8.42 Å². The van der Waals surface area contributed by atoms with Gasteiger partial charge in [0.05, 0.1) is 12.3 Å². The summed E-state index contributed by atoms with van der Waals surface area (Å²) in [7, 11) is -2.99. The van der Waals surface area contributed by atoms with Crippen molar-refractivity contribution in [1.29, 1.82) is 0 Å². The molecule has 0 unspecified atom stereocenters. The third kappa shape index (κ3) is 5.82. The van der Waals surface area contributed by atoms with Crippen LogP contribution in [0.15, 0.2) is 29.3 Å². The molecule has 0 bridgehead atoms. The molecule has 2 rings (SSSR count). The fourth-order valence-corrected chi connectivity index (χ4v) is 3.73. The van der Waals surface area contributed by atoms with Gasteiger partial charge in [0, 0.05) is 25.9 Å². The Balaban J connectivity index is 2.03. The number of nitrogens with zero attached hydrogens (tertiary/aromatic N) is 2. The maximum Gasteiger partial charge on any atom is 0.194 e. The van der Waals surface area contributed by atoms with E-state index in [1.54, 1.807) is 0 Å². The molecule has 1 aliphatic heterocycles. The highest BCUT2D eigenvalue weighted by Gasteiger charge is 2.30. The zero-order valence-electron chi connectivity index (χ0n) is 15.2. The molecule has 134 valence electrons. The lowest BCUT2D eigenvalue weighted by atomic mass is 9.93. The number of rotatable bonds is 5. The number of hydrogen-bond donors (Lipinski definition) is 1. The maximum atomic E-state index is 11.3. The Morgan fingerprint density at radius 3 is 2.38 bits per heavy atom. The van der Waals surface area contributed by atoms with Gasteiger partial charge >= 0.3 is 0 Å². The van der Waals surface area contributed by atoms with Crippen LogP contribution in [0.2, 0.25) is 0 Å². The number of nitrogens with one attached hydrogen (secondary N) is 1. The molecule has 24 heavy (non-hydrogen) atoms. The first-order chi connectivity index (χ1) is 11.2. The van der Waals surface area contributed by atoms with Crippen LogP contribution in [-0.4, -0.2) is 45.2 Å². The molecule has 6 heteroatoms. The molecular weight excluding hydrogens is 322 g/mol. The number of aliphatic imine (C=N–C) groups is 1. The first-order valence-corrected chi connectivity index (χ1v) is 10.5. The van der Waals surface area contributed by atoms with Crippen molar-refractivity contribution in [2.24, 2.45) is 10.4 Å². The first-order valence-electron chi connectivity index (χ1n) is 8.47. The minimum atomic E-state index is -2.99. The number of hydrogen-bond acceptors (Lipinski definition) is 3. The second kappa shape index (κ2) is 7.55. The molecule has 0 atom stereocenters. The summed E-state index contributed by atoms with van der Waals surface area (Å²) in [6.45, 7) is 10.2. The Morgan fingerprint density at radius 1 is 1.25 bits per heavy atom. The molecule has 0 amide bonds. The van der Waals surface area contributed by atoms with E-state index in [0.717, 1.165) is 36.7 Å². The molecule has 1 fully saturated rings. The molecule has 1 aromatic rings. The van der Waals surface area contributed by atoms with E-state index in [-0.39, 0.29) is 5.75 Å². The van der Waals surface area contributed by atoms with Crippen LogP contribution < -0.4 is 5.32 Å². The van der Waals surface area contributed by atoms with Crippen molar-refractivity contribution in [3.8, 4) is 0 Å². The van der Waals surface area contributed by atoms with Crippen LogP contribution in [0.25, 0.3) is 0 Å². The fraction of sp³-hybridized carbons (Fsp3) is 0.611. The lowest BCUT2D eigenvalue weighted by molar-refractivity contribution is 0.370. The standard InChI is InChI=1S/C18H29N3O2S/c1-5-19-17(21-11-10-18(2,3)14-21)20-12-15-6-8-16(9-7-15)13-24(4,22)23/h6-9H,5,10-14H2,1-4H3,(H,19,20). The van der Waals surface area contributed by atoms with Crippen molar-refractivity contribution in [2.75, 3.05) is 25.9 Å². The van der Waals surface area contributed by atoms with Gasteiger partial charge in [-0.2, -0.15) is 0 Å². The average molecular weight is 352 g/mol. The highest BCUT2D eigenvalue weighted by Crippen LogP contribution is 2.28. The zero-order valence-corrected chi connectivity index (χ0v) is 16.0. The van der Waals surface area contributed by atoms with E-state index < -0.39 is 9.84 Å². The van der Waals surface area contributed by atoms with Gasteiger partial charge in [-0.1, -0.05) is 38.1 Å². The van der Waals surface area contributed by atoms with Gasteiger partial charge in [0.2, 0.25) is 0 Å². The van der Waals surface area contributed by atoms with Crippen LogP contribution in [0.4, 0.5) is 0 Å². The van der Waals surface area contributed by atoms with E-state index in [4.69, 9.17) is 4.99 Å². The monoisotopic (exact) mass is 351 g/mol. The molecule has 0 aromatic heterocycles. The molecule has 1 aromatic carbocycles. The van der Waals surface area contributed by atoms with Crippen molar-refractivity contribution >= 4 is 15.8 Å². The van der Waals surface area contributed by atoms with Crippen LogP contribution in [0.1, 0.15) is 38.3 Å². The average Bonchev–Trinajstić information content (AvgIpc) is 2.83. The predicted octanol–water partition coefficient (Wildman–Crippen LogP) is 2.43. The van der Waals surface area contributed by atoms with Crippen LogP contribution in [-0.2, 0) is 22.1 Å². The van der Waals surface area contributed by atoms with Crippen molar-refractivity contribution in [3.63, 3.8) is 0 Å². The largest absolute Gasteiger partial charge is 0.357 e. The van der Waals surface area contributed by atoms with Gasteiger partial charge < -0.3 is 10.2 Å². The Bertz CT molecular complexity index is 679. The quantitative estimate of drug-likeness (QED) is 0.654. The number of sulfone groups is 1. The summed E-state index contributed by atoms with van der Waals surface area (Å²) in [5, 5.41) is 3.37. The Kier molecular flexibility index (Phi) is 5.91. The SMILES string of the molecule is CCNC(=NCc1ccc(CS(C)(=O)=O)cc1)N1CCC(C)(C)C1. The predicted molar refractivity (Wildman–Crippen MR) is 99.8 cm³/mol. The Morgan fingerprint density at radius 2 is 1.88 bits per heavy atom.